The number of benzene rings is 2. The van der Waals surface area contributed by atoms with Crippen molar-refractivity contribution >= 4 is 29.1 Å². The van der Waals surface area contributed by atoms with Crippen molar-refractivity contribution in [1.29, 1.82) is 0 Å². The molecule has 1 aliphatic rings. The number of ether oxygens (including phenoxy) is 2. The fraction of sp³-hybridized carbons (Fsp3) is 0.345. The van der Waals surface area contributed by atoms with Crippen molar-refractivity contribution in [3.8, 4) is 0 Å². The molecule has 1 aromatic heterocycles. The second-order valence-corrected chi connectivity index (χ2v) is 10.2. The zero-order chi connectivity index (χ0) is 26.7. The van der Waals surface area contributed by atoms with Crippen LogP contribution in [0, 0.1) is 6.92 Å². The van der Waals surface area contributed by atoms with Gasteiger partial charge in [-0.15, -0.1) is 0 Å². The molecular formula is C29H34N4O4. The van der Waals surface area contributed by atoms with E-state index in [1.165, 1.54) is 12.7 Å². The van der Waals surface area contributed by atoms with E-state index in [0.29, 0.717) is 24.3 Å². The molecule has 1 atom stereocenters. The van der Waals surface area contributed by atoms with E-state index >= 15 is 0 Å². The summed E-state index contributed by atoms with van der Waals surface area (Å²) in [6, 6.07) is 15.9. The number of anilines is 3. The molecule has 0 aliphatic carbocycles. The highest BCUT2D eigenvalue weighted by atomic mass is 16.6. The maximum atomic E-state index is 13.2. The van der Waals surface area contributed by atoms with E-state index in [2.05, 4.69) is 64.6 Å². The molecule has 1 aliphatic heterocycles. The number of carbonyl (C=O) groups excluding carboxylic acids is 2. The number of hydrogen-bond donors (Lipinski definition) is 1. The first-order valence-corrected chi connectivity index (χ1v) is 12.3. The summed E-state index contributed by atoms with van der Waals surface area (Å²) >= 11 is 0. The average molecular weight is 503 g/mol. The summed E-state index contributed by atoms with van der Waals surface area (Å²) in [4.78, 5) is 33.4. The van der Waals surface area contributed by atoms with Crippen molar-refractivity contribution < 1.29 is 19.1 Å². The monoisotopic (exact) mass is 502 g/mol. The summed E-state index contributed by atoms with van der Waals surface area (Å²) in [6.07, 6.45) is 2.74. The first-order chi connectivity index (χ1) is 17.6. The summed E-state index contributed by atoms with van der Waals surface area (Å²) in [5, 5.41) is 3.30. The number of carbonyl (C=O) groups is 2. The quantitative estimate of drug-likeness (QED) is 0.423. The minimum Gasteiger partial charge on any atom is -0.465 e. The van der Waals surface area contributed by atoms with Gasteiger partial charge in [-0.2, -0.15) is 0 Å². The predicted octanol–water partition coefficient (Wildman–Crippen LogP) is 5.85. The Kier molecular flexibility index (Phi) is 7.38. The molecule has 2 heterocycles. The number of nitrogens with zero attached hydrogens (tertiary/aromatic N) is 3. The largest absolute Gasteiger partial charge is 0.465 e. The van der Waals surface area contributed by atoms with Gasteiger partial charge in [-0.1, -0.05) is 23.8 Å². The lowest BCUT2D eigenvalue weighted by atomic mass is 10.0. The number of esters is 1. The lowest BCUT2D eigenvalue weighted by Crippen LogP contribution is -2.38. The molecule has 0 saturated heterocycles. The van der Waals surface area contributed by atoms with Crippen LogP contribution in [0.1, 0.15) is 53.9 Å². The molecule has 1 N–H and O–H groups in total. The molecular weight excluding hydrogens is 468 g/mol. The van der Waals surface area contributed by atoms with Gasteiger partial charge in [-0.3, -0.25) is 9.88 Å². The molecule has 0 radical (unpaired) electrons. The number of fused-ring (bicyclic) bond motifs is 1. The van der Waals surface area contributed by atoms with Crippen molar-refractivity contribution in [2.24, 2.45) is 0 Å². The second-order valence-electron chi connectivity index (χ2n) is 10.2. The third-order valence-electron chi connectivity index (χ3n) is 6.35. The third-order valence-corrected chi connectivity index (χ3v) is 6.35. The number of methoxy groups -OCH3 is 1. The number of amides is 1. The van der Waals surface area contributed by atoms with Crippen molar-refractivity contribution in [3.05, 3.63) is 83.2 Å². The van der Waals surface area contributed by atoms with Gasteiger partial charge in [0.05, 0.1) is 37.1 Å². The molecule has 0 spiro atoms. The first kappa shape index (κ1) is 26.0. The molecule has 2 aromatic carbocycles. The van der Waals surface area contributed by atoms with E-state index in [9.17, 15) is 9.59 Å². The highest BCUT2D eigenvalue weighted by molar-refractivity contribution is 5.95. The highest BCUT2D eigenvalue weighted by Crippen LogP contribution is 2.38. The van der Waals surface area contributed by atoms with Crippen LogP contribution in [0.2, 0.25) is 0 Å². The Hall–Kier alpha value is -4.07. The van der Waals surface area contributed by atoms with Crippen LogP contribution in [-0.2, 0) is 16.0 Å². The van der Waals surface area contributed by atoms with Gasteiger partial charge in [0.1, 0.15) is 5.60 Å². The molecule has 0 bridgehead atoms. The number of hydrogen-bond acceptors (Lipinski definition) is 7. The first-order valence-electron chi connectivity index (χ1n) is 12.3. The standard InChI is InChI=1S/C29H34N4O4/c1-19-7-9-21(10-8-19)32(5)22-11-12-23-20(15-22)18-33(28(35)37-29(2,3)4)26(23)17-31-25-16-30-14-13-24(25)27(34)36-6/h7-16,26,31H,17-18H2,1-6H3/t26-/m1/s1. The maximum absolute atomic E-state index is 13.2. The number of pyridine rings is 1. The van der Waals surface area contributed by atoms with E-state index < -0.39 is 11.6 Å². The number of aromatic nitrogens is 1. The topological polar surface area (TPSA) is 84.0 Å². The van der Waals surface area contributed by atoms with E-state index in [-0.39, 0.29) is 12.1 Å². The van der Waals surface area contributed by atoms with Crippen LogP contribution in [-0.4, -0.2) is 48.2 Å². The van der Waals surface area contributed by atoms with Gasteiger partial charge in [0, 0.05) is 31.2 Å². The Morgan fingerprint density at radius 3 is 2.49 bits per heavy atom. The van der Waals surface area contributed by atoms with Gasteiger partial charge >= 0.3 is 12.1 Å². The summed E-state index contributed by atoms with van der Waals surface area (Å²) in [5.74, 6) is -0.454. The molecule has 8 heteroatoms. The maximum Gasteiger partial charge on any atom is 0.411 e. The van der Waals surface area contributed by atoms with Gasteiger partial charge in [0.2, 0.25) is 0 Å². The Bertz CT molecular complexity index is 1280. The minimum absolute atomic E-state index is 0.297. The summed E-state index contributed by atoms with van der Waals surface area (Å²) < 4.78 is 10.6. The van der Waals surface area contributed by atoms with Gasteiger partial charge in [0.15, 0.2) is 0 Å². The number of rotatable bonds is 6. The van der Waals surface area contributed by atoms with Crippen molar-refractivity contribution in [2.45, 2.75) is 45.9 Å². The molecule has 0 unspecified atom stereocenters. The minimum atomic E-state index is -0.623. The molecule has 4 rings (SSSR count). The predicted molar refractivity (Wildman–Crippen MR) is 144 cm³/mol. The van der Waals surface area contributed by atoms with Crippen LogP contribution in [0.3, 0.4) is 0 Å². The Morgan fingerprint density at radius 2 is 1.81 bits per heavy atom. The lowest BCUT2D eigenvalue weighted by molar-refractivity contribution is 0.0182. The Balaban J connectivity index is 1.63. The van der Waals surface area contributed by atoms with Gasteiger partial charge in [-0.25, -0.2) is 9.59 Å². The summed E-state index contributed by atoms with van der Waals surface area (Å²) in [5.41, 5.74) is 5.70. The van der Waals surface area contributed by atoms with E-state index in [1.807, 2.05) is 27.8 Å². The SMILES string of the molecule is COC(=O)c1ccncc1NC[C@@H]1c2ccc(N(C)c3ccc(C)cc3)cc2CN1C(=O)OC(C)(C)C. The molecule has 3 aromatic rings. The van der Waals surface area contributed by atoms with Crippen LogP contribution < -0.4 is 10.2 Å². The van der Waals surface area contributed by atoms with Gasteiger partial charge < -0.3 is 19.7 Å². The molecule has 194 valence electrons. The molecule has 0 saturated carbocycles. The van der Waals surface area contributed by atoms with Crippen molar-refractivity contribution in [3.63, 3.8) is 0 Å². The Labute approximate surface area is 218 Å². The summed E-state index contributed by atoms with van der Waals surface area (Å²) in [7, 11) is 3.37. The second kappa shape index (κ2) is 10.5. The van der Waals surface area contributed by atoms with Crippen LogP contribution >= 0.6 is 0 Å². The van der Waals surface area contributed by atoms with Crippen molar-refractivity contribution in [2.75, 3.05) is 30.9 Å². The van der Waals surface area contributed by atoms with Gasteiger partial charge in [0.25, 0.3) is 0 Å². The number of nitrogens with one attached hydrogen (secondary N) is 1. The molecule has 1 amide bonds. The number of aryl methyl sites for hydroxylation is 1. The average Bonchev–Trinajstić information content (AvgIpc) is 3.24. The zero-order valence-corrected chi connectivity index (χ0v) is 22.2. The molecule has 8 nitrogen and oxygen atoms in total. The third kappa shape index (κ3) is 5.85. The van der Waals surface area contributed by atoms with E-state index in [0.717, 1.165) is 22.5 Å². The van der Waals surface area contributed by atoms with Crippen LogP contribution in [0.25, 0.3) is 0 Å². The van der Waals surface area contributed by atoms with Crippen LogP contribution in [0.5, 0.6) is 0 Å². The molecule has 37 heavy (non-hydrogen) atoms. The zero-order valence-electron chi connectivity index (χ0n) is 22.2. The fourth-order valence-electron chi connectivity index (χ4n) is 4.40. The van der Waals surface area contributed by atoms with Crippen LogP contribution in [0.15, 0.2) is 60.9 Å². The normalized spacial score (nSPS) is 14.6. The van der Waals surface area contributed by atoms with Crippen LogP contribution in [0.4, 0.5) is 21.9 Å². The fourth-order valence-corrected chi connectivity index (χ4v) is 4.40. The molecule has 0 fully saturated rings. The van der Waals surface area contributed by atoms with E-state index in [1.54, 1.807) is 23.4 Å². The van der Waals surface area contributed by atoms with Crippen molar-refractivity contribution in [1.82, 2.24) is 9.88 Å². The lowest BCUT2D eigenvalue weighted by Gasteiger charge is -2.29. The smallest absolute Gasteiger partial charge is 0.411 e. The Morgan fingerprint density at radius 1 is 1.11 bits per heavy atom. The van der Waals surface area contributed by atoms with E-state index in [4.69, 9.17) is 9.47 Å². The summed E-state index contributed by atoms with van der Waals surface area (Å²) in [6.45, 7) is 8.42. The highest BCUT2D eigenvalue weighted by Gasteiger charge is 2.36. The van der Waals surface area contributed by atoms with Gasteiger partial charge in [-0.05, 0) is 69.2 Å².